The summed E-state index contributed by atoms with van der Waals surface area (Å²) in [6.45, 7) is 0.353. The Hall–Kier alpha value is -1.85. The summed E-state index contributed by atoms with van der Waals surface area (Å²) in [7, 11) is 1.61. The maximum Gasteiger partial charge on any atom is 0.159 e. The number of benzene rings is 2. The van der Waals surface area contributed by atoms with E-state index in [9.17, 15) is 8.78 Å². The normalized spacial score (nSPS) is 10.9. The van der Waals surface area contributed by atoms with Crippen LogP contribution in [0.4, 0.5) is 13.8 Å². The third-order valence-corrected chi connectivity index (χ3v) is 4.96. The lowest BCUT2D eigenvalue weighted by atomic mass is 10.2. The van der Waals surface area contributed by atoms with Crippen LogP contribution in [-0.4, -0.2) is 7.11 Å². The minimum Gasteiger partial charge on any atom is -0.495 e. The van der Waals surface area contributed by atoms with Gasteiger partial charge in [0.1, 0.15) is 10.8 Å². The Kier molecular flexibility index (Phi) is 4.18. The standard InChI is InChI=1S/C16H12ClF2NOS/c1-21-13-4-2-3-10-14(17)16(22-15(10)13)20-8-9-5-6-11(18)12(19)7-9/h2-7,20H,8H2,1H3. The Morgan fingerprint density at radius 2 is 2.00 bits per heavy atom. The van der Waals surface area contributed by atoms with Gasteiger partial charge in [0.2, 0.25) is 0 Å². The van der Waals surface area contributed by atoms with E-state index in [1.807, 2.05) is 18.2 Å². The number of hydrogen-bond donors (Lipinski definition) is 1. The molecular weight excluding hydrogens is 328 g/mol. The second kappa shape index (κ2) is 6.10. The second-order valence-corrected chi connectivity index (χ2v) is 6.08. The Morgan fingerprint density at radius 1 is 1.18 bits per heavy atom. The van der Waals surface area contributed by atoms with Crippen molar-refractivity contribution in [1.82, 2.24) is 0 Å². The molecule has 0 saturated heterocycles. The fourth-order valence-electron chi connectivity index (χ4n) is 2.17. The van der Waals surface area contributed by atoms with Crippen molar-refractivity contribution < 1.29 is 13.5 Å². The number of thiophene rings is 1. The first-order chi connectivity index (χ1) is 10.6. The molecule has 0 amide bonds. The van der Waals surface area contributed by atoms with Gasteiger partial charge in [0.15, 0.2) is 11.6 Å². The average molecular weight is 340 g/mol. The zero-order valence-electron chi connectivity index (χ0n) is 11.6. The van der Waals surface area contributed by atoms with E-state index in [0.29, 0.717) is 17.1 Å². The number of anilines is 1. The zero-order valence-corrected chi connectivity index (χ0v) is 13.2. The molecule has 3 rings (SSSR count). The first kappa shape index (κ1) is 15.1. The molecule has 1 N–H and O–H groups in total. The second-order valence-electron chi connectivity index (χ2n) is 4.68. The maximum absolute atomic E-state index is 13.2. The lowest BCUT2D eigenvalue weighted by Crippen LogP contribution is -1.99. The Balaban J connectivity index is 1.87. The summed E-state index contributed by atoms with van der Waals surface area (Å²) in [6.07, 6.45) is 0. The number of nitrogens with one attached hydrogen (secondary N) is 1. The van der Waals surface area contributed by atoms with Gasteiger partial charge in [-0.25, -0.2) is 8.78 Å². The van der Waals surface area contributed by atoms with Gasteiger partial charge in [-0.3, -0.25) is 0 Å². The largest absolute Gasteiger partial charge is 0.495 e. The topological polar surface area (TPSA) is 21.3 Å². The molecule has 1 heterocycles. The first-order valence-corrected chi connectivity index (χ1v) is 7.72. The Bertz CT molecular complexity index is 834. The predicted molar refractivity (Wildman–Crippen MR) is 87.1 cm³/mol. The molecule has 0 saturated carbocycles. The van der Waals surface area contributed by atoms with Crippen LogP contribution >= 0.6 is 22.9 Å². The van der Waals surface area contributed by atoms with Crippen molar-refractivity contribution in [2.45, 2.75) is 6.54 Å². The smallest absolute Gasteiger partial charge is 0.159 e. The molecule has 114 valence electrons. The summed E-state index contributed by atoms with van der Waals surface area (Å²) in [5, 5.41) is 5.43. The minimum atomic E-state index is -0.858. The van der Waals surface area contributed by atoms with Crippen molar-refractivity contribution in [1.29, 1.82) is 0 Å². The van der Waals surface area contributed by atoms with Crippen LogP contribution in [0.1, 0.15) is 5.56 Å². The summed E-state index contributed by atoms with van der Waals surface area (Å²) in [6, 6.07) is 9.48. The molecule has 0 radical (unpaired) electrons. The Labute approximate surface area is 135 Å². The van der Waals surface area contributed by atoms with Crippen LogP contribution in [0.25, 0.3) is 10.1 Å². The molecular formula is C16H12ClF2NOS. The quantitative estimate of drug-likeness (QED) is 0.682. The van der Waals surface area contributed by atoms with Crippen molar-refractivity contribution >= 4 is 38.0 Å². The number of hydrogen-bond acceptors (Lipinski definition) is 3. The molecule has 0 aliphatic carbocycles. The Morgan fingerprint density at radius 3 is 2.73 bits per heavy atom. The van der Waals surface area contributed by atoms with Gasteiger partial charge in [0, 0.05) is 11.9 Å². The highest BCUT2D eigenvalue weighted by atomic mass is 35.5. The van der Waals surface area contributed by atoms with Crippen LogP contribution in [0.5, 0.6) is 5.75 Å². The monoisotopic (exact) mass is 339 g/mol. The average Bonchev–Trinajstić information content (AvgIpc) is 2.85. The van der Waals surface area contributed by atoms with Gasteiger partial charge in [-0.15, -0.1) is 11.3 Å². The van der Waals surface area contributed by atoms with E-state index < -0.39 is 11.6 Å². The third kappa shape index (κ3) is 2.74. The predicted octanol–water partition coefficient (Wildman–Crippen LogP) is 5.45. The number of methoxy groups -OCH3 is 1. The molecule has 0 aliphatic heterocycles. The number of fused-ring (bicyclic) bond motifs is 1. The van der Waals surface area contributed by atoms with Gasteiger partial charge in [-0.2, -0.15) is 0 Å². The van der Waals surface area contributed by atoms with Crippen LogP contribution in [0.3, 0.4) is 0 Å². The minimum absolute atomic E-state index is 0.353. The molecule has 3 aromatic rings. The summed E-state index contributed by atoms with van der Waals surface area (Å²) >= 11 is 7.83. The molecule has 6 heteroatoms. The van der Waals surface area contributed by atoms with E-state index in [1.54, 1.807) is 7.11 Å². The maximum atomic E-state index is 13.2. The van der Waals surface area contributed by atoms with Crippen LogP contribution in [0, 0.1) is 11.6 Å². The van der Waals surface area contributed by atoms with Crippen LogP contribution in [-0.2, 0) is 6.54 Å². The van der Waals surface area contributed by atoms with Crippen molar-refractivity contribution in [2.75, 3.05) is 12.4 Å². The van der Waals surface area contributed by atoms with Crippen LogP contribution in [0.15, 0.2) is 36.4 Å². The van der Waals surface area contributed by atoms with E-state index in [2.05, 4.69) is 5.32 Å². The summed E-state index contributed by atoms with van der Waals surface area (Å²) < 4.78 is 32.4. The van der Waals surface area contributed by atoms with Gasteiger partial charge >= 0.3 is 0 Å². The number of ether oxygens (including phenoxy) is 1. The van der Waals surface area contributed by atoms with Crippen molar-refractivity contribution in [3.8, 4) is 5.75 Å². The fraction of sp³-hybridized carbons (Fsp3) is 0.125. The molecule has 2 nitrogen and oxygen atoms in total. The van der Waals surface area contributed by atoms with Crippen molar-refractivity contribution in [2.24, 2.45) is 0 Å². The molecule has 2 aromatic carbocycles. The highest BCUT2D eigenvalue weighted by molar-refractivity contribution is 7.24. The summed E-state index contributed by atoms with van der Waals surface area (Å²) in [4.78, 5) is 0. The molecule has 22 heavy (non-hydrogen) atoms. The summed E-state index contributed by atoms with van der Waals surface area (Å²) in [5.41, 5.74) is 0.638. The van der Waals surface area contributed by atoms with Crippen molar-refractivity contribution in [3.63, 3.8) is 0 Å². The lowest BCUT2D eigenvalue weighted by Gasteiger charge is -2.05. The highest BCUT2D eigenvalue weighted by Crippen LogP contribution is 2.43. The molecule has 0 spiro atoms. The van der Waals surface area contributed by atoms with Crippen molar-refractivity contribution in [3.05, 3.63) is 58.6 Å². The van der Waals surface area contributed by atoms with Crippen LogP contribution < -0.4 is 10.1 Å². The van der Waals surface area contributed by atoms with E-state index in [4.69, 9.17) is 16.3 Å². The van der Waals surface area contributed by atoms with Gasteiger partial charge in [0.25, 0.3) is 0 Å². The molecule has 0 atom stereocenters. The molecule has 0 unspecified atom stereocenters. The van der Waals surface area contributed by atoms with Gasteiger partial charge in [0.05, 0.1) is 16.8 Å². The first-order valence-electron chi connectivity index (χ1n) is 6.53. The van der Waals surface area contributed by atoms with Gasteiger partial charge in [-0.05, 0) is 23.8 Å². The third-order valence-electron chi connectivity index (χ3n) is 3.28. The molecule has 0 bridgehead atoms. The number of rotatable bonds is 4. The van der Waals surface area contributed by atoms with Gasteiger partial charge in [-0.1, -0.05) is 29.8 Å². The summed E-state index contributed by atoms with van der Waals surface area (Å²) in [5.74, 6) is -0.956. The fourth-order valence-corrected chi connectivity index (χ4v) is 3.65. The van der Waals surface area contributed by atoms with E-state index in [1.165, 1.54) is 23.5 Å². The van der Waals surface area contributed by atoms with E-state index in [-0.39, 0.29) is 0 Å². The highest BCUT2D eigenvalue weighted by Gasteiger charge is 2.13. The van der Waals surface area contributed by atoms with E-state index >= 15 is 0 Å². The molecule has 0 fully saturated rings. The lowest BCUT2D eigenvalue weighted by molar-refractivity contribution is 0.420. The van der Waals surface area contributed by atoms with E-state index in [0.717, 1.165) is 26.9 Å². The van der Waals surface area contributed by atoms with Gasteiger partial charge < -0.3 is 10.1 Å². The molecule has 0 aliphatic rings. The molecule has 1 aromatic heterocycles. The van der Waals surface area contributed by atoms with Crippen LogP contribution in [0.2, 0.25) is 5.02 Å². The SMILES string of the molecule is COc1cccc2c(Cl)c(NCc3ccc(F)c(F)c3)sc12. The number of halogens is 3. The zero-order chi connectivity index (χ0) is 15.7.